The Morgan fingerprint density at radius 1 is 0.880 bits per heavy atom. The van der Waals surface area contributed by atoms with Crippen LogP contribution in [0.5, 0.6) is 11.5 Å². The van der Waals surface area contributed by atoms with Crippen LogP contribution in [0.3, 0.4) is 0 Å². The minimum absolute atomic E-state index is 0. The Balaban J connectivity index is 0.00000288. The number of nitrogens with zero attached hydrogens (tertiary/aromatic N) is 3. The van der Waals surface area contributed by atoms with Gasteiger partial charge in [-0.2, -0.15) is 0 Å². The van der Waals surface area contributed by atoms with Gasteiger partial charge in [0.05, 0.1) is 0 Å². The van der Waals surface area contributed by atoms with Crippen LogP contribution in [0.1, 0.15) is 52.7 Å². The zero-order valence-electron chi connectivity index (χ0n) is 15.2. The third-order valence-electron chi connectivity index (χ3n) is 3.64. The van der Waals surface area contributed by atoms with Crippen molar-refractivity contribution in [3.05, 3.63) is 29.5 Å². The zero-order chi connectivity index (χ0) is 17.4. The van der Waals surface area contributed by atoms with E-state index in [1.807, 2.05) is 12.1 Å². The molecule has 1 heterocycles. The van der Waals surface area contributed by atoms with Crippen molar-refractivity contribution in [2.45, 2.75) is 52.4 Å². The average molecular weight is 551 g/mol. The maximum atomic E-state index is 10.8. The quantitative estimate of drug-likeness (QED) is 0.372. The average Bonchev–Trinajstić information content (AvgIpc) is 2.41. The number of benzene rings is 1. The predicted octanol–water partition coefficient (Wildman–Crippen LogP) is -4.08. The SMILES string of the molecule is CC(C)(C)c1cc(C(C)(C)C)c(O)[c]([Hf+2][c]2ccnnn2)c1O.[Cl-].[Cl-]. The van der Waals surface area contributed by atoms with Crippen LogP contribution in [-0.4, -0.2) is 25.6 Å². The molecule has 0 spiro atoms. The van der Waals surface area contributed by atoms with Gasteiger partial charge in [0, 0.05) is 0 Å². The molecule has 1 aromatic heterocycles. The Morgan fingerprint density at radius 2 is 1.36 bits per heavy atom. The number of aromatic nitrogens is 3. The molecular weight excluding hydrogens is 528 g/mol. The maximum Gasteiger partial charge on any atom is -1.00 e. The van der Waals surface area contributed by atoms with Gasteiger partial charge in [0.1, 0.15) is 0 Å². The van der Waals surface area contributed by atoms with Crippen molar-refractivity contribution in [1.82, 2.24) is 15.4 Å². The molecule has 2 aromatic rings. The Bertz CT molecular complexity index is 676. The van der Waals surface area contributed by atoms with Crippen molar-refractivity contribution in [2.24, 2.45) is 0 Å². The summed E-state index contributed by atoms with van der Waals surface area (Å²) < 4.78 is 1.53. The summed E-state index contributed by atoms with van der Waals surface area (Å²) in [5.74, 6) is 0.426. The first kappa shape index (κ1) is 24.3. The molecule has 0 aliphatic carbocycles. The van der Waals surface area contributed by atoms with Gasteiger partial charge < -0.3 is 24.8 Å². The Kier molecular flexibility index (Phi) is 8.53. The summed E-state index contributed by atoms with van der Waals surface area (Å²) in [5, 5.41) is 33.0. The molecule has 5 nitrogen and oxygen atoms in total. The van der Waals surface area contributed by atoms with Gasteiger partial charge in [0.2, 0.25) is 0 Å². The zero-order valence-corrected chi connectivity index (χ0v) is 20.3. The van der Waals surface area contributed by atoms with Crippen LogP contribution in [0.15, 0.2) is 18.3 Å². The molecule has 1 aromatic carbocycles. The van der Waals surface area contributed by atoms with E-state index in [1.54, 1.807) is 6.20 Å². The summed E-state index contributed by atoms with van der Waals surface area (Å²) in [6.07, 6.45) is 1.60. The molecule has 25 heavy (non-hydrogen) atoms. The summed E-state index contributed by atoms with van der Waals surface area (Å²) in [5.41, 5.74) is 1.31. The van der Waals surface area contributed by atoms with Crippen LogP contribution < -0.4 is 31.6 Å². The molecule has 0 saturated heterocycles. The van der Waals surface area contributed by atoms with Crippen LogP contribution in [0.2, 0.25) is 0 Å². The van der Waals surface area contributed by atoms with Gasteiger partial charge in [-0.1, -0.05) is 0 Å². The minimum atomic E-state index is -1.75. The van der Waals surface area contributed by atoms with Crippen molar-refractivity contribution in [2.75, 3.05) is 0 Å². The molecule has 2 N–H and O–H groups in total. The van der Waals surface area contributed by atoms with Gasteiger partial charge in [0.25, 0.3) is 0 Å². The Morgan fingerprint density at radius 3 is 1.72 bits per heavy atom. The number of hydrogen-bond acceptors (Lipinski definition) is 5. The van der Waals surface area contributed by atoms with E-state index in [4.69, 9.17) is 0 Å². The van der Waals surface area contributed by atoms with Crippen LogP contribution in [0.25, 0.3) is 0 Å². The standard InChI is InChI=1S/C14H21O2.C3H2N3.2ClH.Hf/c1-13(2,3)9-7-10(14(4,5)6)12(16)8-11(9)15;1-2-4-6-5-3-1;;;/h7,15-16H,1-6H3;1-2H;2*1H;/q;;;;+2/p-2. The summed E-state index contributed by atoms with van der Waals surface area (Å²) in [4.78, 5) is 0. The van der Waals surface area contributed by atoms with Crippen molar-refractivity contribution < 1.29 is 57.9 Å². The summed E-state index contributed by atoms with van der Waals surface area (Å²) >= 11 is -1.75. The van der Waals surface area contributed by atoms with Crippen LogP contribution in [-0.2, 0) is 33.7 Å². The van der Waals surface area contributed by atoms with Crippen LogP contribution in [0.4, 0.5) is 0 Å². The second kappa shape index (κ2) is 8.78. The molecule has 0 amide bonds. The molecule has 0 fully saturated rings. The first-order valence-electron chi connectivity index (χ1n) is 7.53. The van der Waals surface area contributed by atoms with Crippen molar-refractivity contribution in [3.8, 4) is 11.5 Å². The van der Waals surface area contributed by atoms with Crippen molar-refractivity contribution in [1.29, 1.82) is 0 Å². The normalized spacial score (nSPS) is 11.1. The second-order valence-electron chi connectivity index (χ2n) is 7.67. The Hall–Kier alpha value is -0.720. The van der Waals surface area contributed by atoms with Crippen molar-refractivity contribution in [3.63, 3.8) is 0 Å². The van der Waals surface area contributed by atoms with Gasteiger partial charge in [-0.05, 0) is 0 Å². The number of phenolic OH excluding ortho intramolecular Hbond substituents is 2. The van der Waals surface area contributed by atoms with E-state index in [1.165, 1.54) is 0 Å². The predicted molar refractivity (Wildman–Crippen MR) is 86.3 cm³/mol. The first-order valence-corrected chi connectivity index (χ1v) is 11.1. The molecule has 2 rings (SSSR count). The van der Waals surface area contributed by atoms with Crippen LogP contribution in [0, 0.1) is 0 Å². The van der Waals surface area contributed by atoms with Gasteiger partial charge >= 0.3 is 149 Å². The van der Waals surface area contributed by atoms with Gasteiger partial charge in [-0.25, -0.2) is 0 Å². The molecule has 0 saturated carbocycles. The van der Waals surface area contributed by atoms with E-state index in [0.717, 1.165) is 14.6 Å². The fraction of sp³-hybridized carbons (Fsp3) is 0.471. The third kappa shape index (κ3) is 5.63. The number of aromatic hydroxyl groups is 2. The number of rotatable bonds is 2. The van der Waals surface area contributed by atoms with E-state index in [-0.39, 0.29) is 47.1 Å². The molecule has 0 atom stereocenters. The molecular formula is C17H23Cl2HfN3O2. The smallest absolute Gasteiger partial charge is 1.00 e. The molecule has 0 bridgehead atoms. The summed E-state index contributed by atoms with van der Waals surface area (Å²) in [7, 11) is 0. The maximum absolute atomic E-state index is 10.8. The molecule has 8 heteroatoms. The minimum Gasteiger partial charge on any atom is -1.00 e. The van der Waals surface area contributed by atoms with E-state index in [9.17, 15) is 10.2 Å². The molecule has 0 unspecified atom stereocenters. The summed E-state index contributed by atoms with van der Waals surface area (Å²) in [6, 6.07) is 3.76. The number of hydrogen-bond donors (Lipinski definition) is 2. The molecule has 0 aliphatic heterocycles. The third-order valence-corrected chi connectivity index (χ3v) is 8.12. The van der Waals surface area contributed by atoms with E-state index < -0.39 is 22.9 Å². The fourth-order valence-electron chi connectivity index (χ4n) is 2.36. The van der Waals surface area contributed by atoms with E-state index >= 15 is 0 Å². The largest absolute Gasteiger partial charge is 1.00 e. The monoisotopic (exact) mass is 551 g/mol. The Labute approximate surface area is 172 Å². The molecule has 0 aliphatic rings. The topological polar surface area (TPSA) is 79.1 Å². The molecule has 136 valence electrons. The molecule has 0 radical (unpaired) electrons. The fourth-order valence-corrected chi connectivity index (χ4v) is 6.01. The number of phenols is 2. The van der Waals surface area contributed by atoms with Crippen molar-refractivity contribution >= 4 is 6.77 Å². The summed E-state index contributed by atoms with van der Waals surface area (Å²) in [6.45, 7) is 12.4. The van der Waals surface area contributed by atoms with Gasteiger partial charge in [-0.3, -0.25) is 0 Å². The van der Waals surface area contributed by atoms with Gasteiger partial charge in [-0.15, -0.1) is 0 Å². The second-order valence-corrected chi connectivity index (χ2v) is 12.2. The van der Waals surface area contributed by atoms with Crippen LogP contribution >= 0.6 is 0 Å². The van der Waals surface area contributed by atoms with E-state index in [0.29, 0.717) is 3.32 Å². The first-order chi connectivity index (χ1) is 10.5. The van der Waals surface area contributed by atoms with E-state index in [2.05, 4.69) is 57.0 Å². The number of halogens is 2. The van der Waals surface area contributed by atoms with Gasteiger partial charge in [0.15, 0.2) is 0 Å².